The van der Waals surface area contributed by atoms with Crippen LogP contribution in [0.2, 0.25) is 0 Å². The van der Waals surface area contributed by atoms with Gasteiger partial charge in [-0.2, -0.15) is 0 Å². The van der Waals surface area contributed by atoms with Crippen LogP contribution < -0.4 is 5.32 Å². The fourth-order valence-electron chi connectivity index (χ4n) is 5.09. The second kappa shape index (κ2) is 7.23. The van der Waals surface area contributed by atoms with Crippen molar-refractivity contribution in [3.63, 3.8) is 0 Å². The van der Waals surface area contributed by atoms with Gasteiger partial charge >= 0.3 is 0 Å². The van der Waals surface area contributed by atoms with Gasteiger partial charge < -0.3 is 5.32 Å². The predicted octanol–water partition coefficient (Wildman–Crippen LogP) is 5.10. The van der Waals surface area contributed by atoms with Crippen LogP contribution in [0.25, 0.3) is 22.8 Å². The number of hydrogen-bond acceptors (Lipinski definition) is 4. The highest BCUT2D eigenvalue weighted by Gasteiger charge is 2.28. The lowest BCUT2D eigenvalue weighted by Gasteiger charge is -2.21. The maximum absolute atomic E-state index is 15.2. The van der Waals surface area contributed by atoms with Crippen molar-refractivity contribution < 1.29 is 9.18 Å². The second-order valence-corrected chi connectivity index (χ2v) is 8.77. The number of fused-ring (bicyclic) bond motifs is 3. The number of nitrogens with one attached hydrogen (secondary N) is 1. The van der Waals surface area contributed by atoms with E-state index in [1.807, 2.05) is 31.3 Å². The van der Waals surface area contributed by atoms with Crippen molar-refractivity contribution in [2.45, 2.75) is 32.6 Å². The third-order valence-corrected chi connectivity index (χ3v) is 6.75. The number of benzene rings is 1. The third kappa shape index (κ3) is 3.00. The summed E-state index contributed by atoms with van der Waals surface area (Å²) in [5, 5.41) is 3.42. The SMILES string of the molecule is Cc1c(-c2cc3c(cc2F)CC(=O)/C3=C\C2=Cc3cnccc3C2)cnc2c1NCCC2. The van der Waals surface area contributed by atoms with Gasteiger partial charge in [0.1, 0.15) is 5.82 Å². The number of anilines is 1. The quantitative estimate of drug-likeness (QED) is 0.583. The number of allylic oxidation sites excluding steroid dienone is 3. The van der Waals surface area contributed by atoms with Crippen LogP contribution in [0, 0.1) is 12.7 Å². The van der Waals surface area contributed by atoms with E-state index in [1.54, 1.807) is 12.4 Å². The molecule has 0 spiro atoms. The summed E-state index contributed by atoms with van der Waals surface area (Å²) in [5.74, 6) is -0.273. The molecular weight excluding hydrogens is 401 g/mol. The average molecular weight is 423 g/mol. The molecule has 4 nitrogen and oxygen atoms in total. The predicted molar refractivity (Wildman–Crippen MR) is 124 cm³/mol. The Labute approximate surface area is 185 Å². The molecular formula is C27H22FN3O. The number of hydrogen-bond donors (Lipinski definition) is 1. The van der Waals surface area contributed by atoms with Crippen LogP contribution in [-0.2, 0) is 24.1 Å². The zero-order valence-corrected chi connectivity index (χ0v) is 17.8. The molecule has 1 aromatic carbocycles. The maximum atomic E-state index is 15.2. The fraction of sp³-hybridized carbons (Fsp3) is 0.222. The zero-order valence-electron chi connectivity index (χ0n) is 17.8. The molecule has 0 fully saturated rings. The summed E-state index contributed by atoms with van der Waals surface area (Å²) in [6.45, 7) is 2.91. The molecule has 6 rings (SSSR count). The van der Waals surface area contributed by atoms with Crippen LogP contribution in [0.1, 0.15) is 39.9 Å². The summed E-state index contributed by atoms with van der Waals surface area (Å²) in [6.07, 6.45) is 12.5. The van der Waals surface area contributed by atoms with Crippen LogP contribution in [0.4, 0.5) is 10.1 Å². The van der Waals surface area contributed by atoms with Crippen LogP contribution >= 0.6 is 0 Å². The zero-order chi connectivity index (χ0) is 21.8. The van der Waals surface area contributed by atoms with Gasteiger partial charge in [0.25, 0.3) is 0 Å². The lowest BCUT2D eigenvalue weighted by atomic mass is 9.94. The largest absolute Gasteiger partial charge is 0.383 e. The van der Waals surface area contributed by atoms with Crippen molar-refractivity contribution in [3.8, 4) is 11.1 Å². The Morgan fingerprint density at radius 2 is 2.00 bits per heavy atom. The van der Waals surface area contributed by atoms with E-state index >= 15 is 4.39 Å². The summed E-state index contributed by atoms with van der Waals surface area (Å²) in [5.41, 5.74) is 9.95. The molecule has 0 bridgehead atoms. The van der Waals surface area contributed by atoms with E-state index in [2.05, 4.69) is 21.4 Å². The number of ketones is 1. The van der Waals surface area contributed by atoms with Gasteiger partial charge in [0, 0.05) is 48.3 Å². The number of carbonyl (C=O) groups excluding carboxylic acids is 1. The maximum Gasteiger partial charge on any atom is 0.167 e. The molecule has 0 radical (unpaired) electrons. The minimum absolute atomic E-state index is 0.0356. The van der Waals surface area contributed by atoms with Gasteiger partial charge in [0.05, 0.1) is 11.4 Å². The molecule has 1 aliphatic heterocycles. The van der Waals surface area contributed by atoms with Crippen molar-refractivity contribution in [2.75, 3.05) is 11.9 Å². The van der Waals surface area contributed by atoms with Gasteiger partial charge in [-0.05, 0) is 89.9 Å². The molecule has 32 heavy (non-hydrogen) atoms. The van der Waals surface area contributed by atoms with E-state index in [1.165, 1.54) is 11.6 Å². The summed E-state index contributed by atoms with van der Waals surface area (Å²) in [6, 6.07) is 5.37. The van der Waals surface area contributed by atoms with E-state index < -0.39 is 0 Å². The lowest BCUT2D eigenvalue weighted by molar-refractivity contribution is -0.112. The second-order valence-electron chi connectivity index (χ2n) is 8.77. The van der Waals surface area contributed by atoms with Crippen molar-refractivity contribution in [1.29, 1.82) is 0 Å². The molecule has 0 atom stereocenters. The van der Waals surface area contributed by atoms with Gasteiger partial charge in [-0.1, -0.05) is 0 Å². The van der Waals surface area contributed by atoms with Gasteiger partial charge in [-0.3, -0.25) is 14.8 Å². The number of carbonyl (C=O) groups is 1. The van der Waals surface area contributed by atoms with Crippen LogP contribution in [0.15, 0.2) is 48.4 Å². The highest BCUT2D eigenvalue weighted by atomic mass is 19.1. The minimum Gasteiger partial charge on any atom is -0.383 e. The molecule has 0 saturated carbocycles. The summed E-state index contributed by atoms with van der Waals surface area (Å²) >= 11 is 0. The van der Waals surface area contributed by atoms with Gasteiger partial charge in [0.2, 0.25) is 0 Å². The molecule has 2 aliphatic carbocycles. The van der Waals surface area contributed by atoms with Gasteiger partial charge in [-0.15, -0.1) is 0 Å². The van der Waals surface area contributed by atoms with Crippen LogP contribution in [-0.4, -0.2) is 22.3 Å². The Balaban J connectivity index is 1.44. The number of pyridine rings is 2. The molecule has 0 unspecified atom stereocenters. The molecule has 1 N–H and O–H groups in total. The van der Waals surface area contributed by atoms with Crippen molar-refractivity contribution in [3.05, 3.63) is 87.8 Å². The van der Waals surface area contributed by atoms with Gasteiger partial charge in [0.15, 0.2) is 5.78 Å². The third-order valence-electron chi connectivity index (χ3n) is 6.75. The van der Waals surface area contributed by atoms with Crippen molar-refractivity contribution in [1.82, 2.24) is 9.97 Å². The molecule has 158 valence electrons. The van der Waals surface area contributed by atoms with E-state index in [4.69, 9.17) is 0 Å². The van der Waals surface area contributed by atoms with E-state index in [0.717, 1.165) is 70.6 Å². The molecule has 3 aromatic rings. The van der Waals surface area contributed by atoms with E-state index in [9.17, 15) is 4.79 Å². The number of Topliss-reactive ketones (excluding diaryl/α,β-unsaturated/α-hetero) is 1. The normalized spacial score (nSPS) is 17.6. The summed E-state index contributed by atoms with van der Waals surface area (Å²) in [7, 11) is 0. The number of nitrogens with zero attached hydrogens (tertiary/aromatic N) is 2. The average Bonchev–Trinajstić information content (AvgIpc) is 3.34. The molecule has 0 saturated heterocycles. The first-order chi connectivity index (χ1) is 15.6. The molecule has 5 heteroatoms. The number of rotatable bonds is 2. The molecule has 3 aliphatic rings. The highest BCUT2D eigenvalue weighted by Crippen LogP contribution is 2.39. The lowest BCUT2D eigenvalue weighted by Crippen LogP contribution is -2.15. The highest BCUT2D eigenvalue weighted by molar-refractivity contribution is 6.26. The standard InChI is InChI=1S/C27H22FN3O/c1-15-23(14-31-25-3-2-5-30-27(15)25)21-12-20-18(10-24(21)28)11-26(32)22(20)9-16-7-17-4-6-29-13-19(17)8-16/h4,6,8-10,12-14,30H,2-3,5,7,11H2,1H3/b22-9-. The van der Waals surface area contributed by atoms with Crippen molar-refractivity contribution >= 4 is 23.1 Å². The monoisotopic (exact) mass is 423 g/mol. The van der Waals surface area contributed by atoms with E-state index in [-0.39, 0.29) is 18.0 Å². The topological polar surface area (TPSA) is 54.9 Å². The Bertz CT molecular complexity index is 1370. The first-order valence-corrected chi connectivity index (χ1v) is 11.0. The molecule has 0 amide bonds. The molecule has 3 heterocycles. The minimum atomic E-state index is -0.308. The van der Waals surface area contributed by atoms with Crippen LogP contribution in [0.5, 0.6) is 0 Å². The number of halogens is 1. The summed E-state index contributed by atoms with van der Waals surface area (Å²) in [4.78, 5) is 21.6. The summed E-state index contributed by atoms with van der Waals surface area (Å²) < 4.78 is 15.2. The van der Waals surface area contributed by atoms with Crippen molar-refractivity contribution in [2.24, 2.45) is 0 Å². The first-order valence-electron chi connectivity index (χ1n) is 11.0. The van der Waals surface area contributed by atoms with Gasteiger partial charge in [-0.25, -0.2) is 4.39 Å². The Morgan fingerprint density at radius 3 is 2.88 bits per heavy atom. The Morgan fingerprint density at radius 1 is 1.09 bits per heavy atom. The fourth-order valence-corrected chi connectivity index (χ4v) is 5.09. The Kier molecular flexibility index (Phi) is 4.32. The van der Waals surface area contributed by atoms with E-state index in [0.29, 0.717) is 11.1 Å². The Hall–Kier alpha value is -3.60. The number of aryl methyl sites for hydroxylation is 1. The number of aromatic nitrogens is 2. The smallest absolute Gasteiger partial charge is 0.167 e. The first kappa shape index (κ1) is 19.1. The molecule has 2 aromatic heterocycles. The van der Waals surface area contributed by atoms with Crippen LogP contribution in [0.3, 0.4) is 0 Å².